The second-order valence-electron chi connectivity index (χ2n) is 5.18. The standard InChI is InChI=1S/C16H13N5O2S/c1-9-3-4-13-11(5-9)6-12(7-17)16(18-13)24-8-14(22)19-15-10(2)20-23-21-15/h3-6H,8H2,1-2H3,(H,19,21,22). The van der Waals surface area contributed by atoms with Crippen molar-refractivity contribution < 1.29 is 9.42 Å². The third-order valence-corrected chi connectivity index (χ3v) is 4.30. The number of rotatable bonds is 4. The highest BCUT2D eigenvalue weighted by Gasteiger charge is 2.13. The molecule has 24 heavy (non-hydrogen) atoms. The summed E-state index contributed by atoms with van der Waals surface area (Å²) in [5.41, 5.74) is 2.85. The number of benzene rings is 1. The van der Waals surface area contributed by atoms with Crippen molar-refractivity contribution in [1.82, 2.24) is 15.3 Å². The fraction of sp³-hybridized carbons (Fsp3) is 0.188. The number of carbonyl (C=O) groups is 1. The Balaban J connectivity index is 1.77. The summed E-state index contributed by atoms with van der Waals surface area (Å²) >= 11 is 1.20. The number of thioether (sulfide) groups is 1. The second-order valence-corrected chi connectivity index (χ2v) is 6.15. The number of hydrogen-bond donors (Lipinski definition) is 1. The van der Waals surface area contributed by atoms with Crippen LogP contribution in [0.15, 0.2) is 33.9 Å². The summed E-state index contributed by atoms with van der Waals surface area (Å²) in [6, 6.07) is 9.77. The first-order valence-electron chi connectivity index (χ1n) is 7.10. The lowest BCUT2D eigenvalue weighted by Gasteiger charge is -2.06. The van der Waals surface area contributed by atoms with Crippen molar-refractivity contribution in [3.05, 3.63) is 41.1 Å². The summed E-state index contributed by atoms with van der Waals surface area (Å²) in [6.07, 6.45) is 0. The molecule has 0 aliphatic carbocycles. The van der Waals surface area contributed by atoms with Crippen LogP contribution in [0, 0.1) is 25.2 Å². The van der Waals surface area contributed by atoms with Crippen LogP contribution in [0.4, 0.5) is 5.82 Å². The van der Waals surface area contributed by atoms with Gasteiger partial charge in [0.15, 0.2) is 5.82 Å². The van der Waals surface area contributed by atoms with Gasteiger partial charge in [-0.15, -0.1) is 0 Å². The zero-order valence-corrected chi connectivity index (χ0v) is 13.8. The third-order valence-electron chi connectivity index (χ3n) is 3.31. The van der Waals surface area contributed by atoms with Gasteiger partial charge in [-0.05, 0) is 37.2 Å². The Morgan fingerprint density at radius 2 is 2.17 bits per heavy atom. The molecule has 0 bridgehead atoms. The van der Waals surface area contributed by atoms with Gasteiger partial charge in [0.25, 0.3) is 0 Å². The highest BCUT2D eigenvalue weighted by molar-refractivity contribution is 8.00. The van der Waals surface area contributed by atoms with E-state index in [1.54, 1.807) is 13.0 Å². The first-order valence-corrected chi connectivity index (χ1v) is 8.08. The van der Waals surface area contributed by atoms with Gasteiger partial charge in [-0.2, -0.15) is 5.26 Å². The average Bonchev–Trinajstić information content (AvgIpc) is 2.97. The molecule has 2 heterocycles. The molecule has 0 fully saturated rings. The lowest BCUT2D eigenvalue weighted by molar-refractivity contribution is -0.113. The SMILES string of the molecule is Cc1ccc2nc(SCC(=O)Nc3nonc3C)c(C#N)cc2c1. The molecule has 8 heteroatoms. The maximum Gasteiger partial charge on any atom is 0.236 e. The van der Waals surface area contributed by atoms with Crippen LogP contribution in [-0.2, 0) is 4.79 Å². The molecule has 3 aromatic rings. The predicted octanol–water partition coefficient (Wildman–Crippen LogP) is 2.84. The van der Waals surface area contributed by atoms with Crippen molar-refractivity contribution in [2.75, 3.05) is 11.1 Å². The van der Waals surface area contributed by atoms with Crippen molar-refractivity contribution in [1.29, 1.82) is 5.26 Å². The van der Waals surface area contributed by atoms with Crippen LogP contribution in [0.25, 0.3) is 10.9 Å². The number of amides is 1. The predicted molar refractivity (Wildman–Crippen MR) is 89.6 cm³/mol. The highest BCUT2D eigenvalue weighted by Crippen LogP contribution is 2.25. The smallest absolute Gasteiger partial charge is 0.236 e. The number of nitriles is 1. The Morgan fingerprint density at radius 1 is 1.33 bits per heavy atom. The Hall–Kier alpha value is -2.92. The molecule has 0 aliphatic rings. The van der Waals surface area contributed by atoms with Crippen LogP contribution in [0.2, 0.25) is 0 Å². The summed E-state index contributed by atoms with van der Waals surface area (Å²) in [7, 11) is 0. The Bertz CT molecular complexity index is 961. The third kappa shape index (κ3) is 3.36. The van der Waals surface area contributed by atoms with E-state index in [0.717, 1.165) is 16.5 Å². The lowest BCUT2D eigenvalue weighted by atomic mass is 10.1. The van der Waals surface area contributed by atoms with E-state index in [1.165, 1.54) is 11.8 Å². The largest absolute Gasteiger partial charge is 0.306 e. The second kappa shape index (κ2) is 6.68. The summed E-state index contributed by atoms with van der Waals surface area (Å²) < 4.78 is 4.53. The molecule has 0 radical (unpaired) electrons. The number of aryl methyl sites for hydroxylation is 2. The average molecular weight is 339 g/mol. The zero-order chi connectivity index (χ0) is 17.1. The minimum Gasteiger partial charge on any atom is -0.306 e. The Kier molecular flexibility index (Phi) is 4.44. The molecule has 0 aliphatic heterocycles. The molecule has 7 nitrogen and oxygen atoms in total. The maximum absolute atomic E-state index is 12.0. The van der Waals surface area contributed by atoms with Crippen molar-refractivity contribution in [3.8, 4) is 6.07 Å². The first kappa shape index (κ1) is 16.0. The van der Waals surface area contributed by atoms with Crippen molar-refractivity contribution in [2.24, 2.45) is 0 Å². The molecule has 0 saturated heterocycles. The van der Waals surface area contributed by atoms with Gasteiger partial charge in [0.1, 0.15) is 16.8 Å². The van der Waals surface area contributed by atoms with E-state index in [4.69, 9.17) is 0 Å². The number of carbonyl (C=O) groups excluding carboxylic acids is 1. The van der Waals surface area contributed by atoms with Gasteiger partial charge < -0.3 is 5.32 Å². The van der Waals surface area contributed by atoms with Crippen molar-refractivity contribution in [2.45, 2.75) is 18.9 Å². The lowest BCUT2D eigenvalue weighted by Crippen LogP contribution is -2.15. The number of nitrogens with zero attached hydrogens (tertiary/aromatic N) is 4. The molecule has 2 aromatic heterocycles. The maximum atomic E-state index is 12.0. The quantitative estimate of drug-likeness (QED) is 0.729. The van der Waals surface area contributed by atoms with E-state index in [2.05, 4.69) is 31.3 Å². The van der Waals surface area contributed by atoms with Gasteiger partial charge in [-0.3, -0.25) is 4.79 Å². The monoisotopic (exact) mass is 339 g/mol. The van der Waals surface area contributed by atoms with E-state index in [9.17, 15) is 10.1 Å². The van der Waals surface area contributed by atoms with Crippen LogP contribution in [0.1, 0.15) is 16.8 Å². The van der Waals surface area contributed by atoms with Gasteiger partial charge in [0, 0.05) is 5.39 Å². The number of hydrogen-bond acceptors (Lipinski definition) is 7. The highest BCUT2D eigenvalue weighted by atomic mass is 32.2. The van der Waals surface area contributed by atoms with Gasteiger partial charge >= 0.3 is 0 Å². The summed E-state index contributed by atoms with van der Waals surface area (Å²) in [5, 5.41) is 20.6. The molecule has 0 atom stereocenters. The number of aromatic nitrogens is 3. The molecular formula is C16H13N5O2S. The summed E-state index contributed by atoms with van der Waals surface area (Å²) in [6.45, 7) is 3.67. The van der Waals surface area contributed by atoms with Crippen LogP contribution in [0.3, 0.4) is 0 Å². The molecule has 0 unspecified atom stereocenters. The summed E-state index contributed by atoms with van der Waals surface area (Å²) in [5.74, 6) is 0.127. The van der Waals surface area contributed by atoms with E-state index in [-0.39, 0.29) is 11.7 Å². The van der Waals surface area contributed by atoms with Gasteiger partial charge in [-0.1, -0.05) is 28.5 Å². The fourth-order valence-electron chi connectivity index (χ4n) is 2.12. The molecule has 0 saturated carbocycles. The van der Waals surface area contributed by atoms with Crippen LogP contribution >= 0.6 is 11.8 Å². The molecule has 1 amide bonds. The van der Waals surface area contributed by atoms with Crippen LogP contribution < -0.4 is 5.32 Å². The molecule has 120 valence electrons. The number of pyridine rings is 1. The molecule has 3 rings (SSSR count). The Labute approximate surface area is 142 Å². The van der Waals surface area contributed by atoms with Gasteiger partial charge in [0.05, 0.1) is 16.8 Å². The molecule has 1 N–H and O–H groups in total. The minimum absolute atomic E-state index is 0.103. The van der Waals surface area contributed by atoms with E-state index in [1.807, 2.05) is 25.1 Å². The van der Waals surface area contributed by atoms with Crippen LogP contribution in [-0.4, -0.2) is 27.0 Å². The van der Waals surface area contributed by atoms with Crippen LogP contribution in [0.5, 0.6) is 0 Å². The van der Waals surface area contributed by atoms with E-state index < -0.39 is 0 Å². The molecule has 0 spiro atoms. The topological polar surface area (TPSA) is 105 Å². The zero-order valence-electron chi connectivity index (χ0n) is 13.0. The summed E-state index contributed by atoms with van der Waals surface area (Å²) in [4.78, 5) is 16.5. The minimum atomic E-state index is -0.270. The van der Waals surface area contributed by atoms with Crippen molar-refractivity contribution >= 4 is 34.4 Å². The Morgan fingerprint density at radius 3 is 2.88 bits per heavy atom. The number of nitrogens with one attached hydrogen (secondary N) is 1. The number of fused-ring (bicyclic) bond motifs is 1. The van der Waals surface area contributed by atoms with Crippen molar-refractivity contribution in [3.63, 3.8) is 0 Å². The molecule has 1 aromatic carbocycles. The fourth-order valence-corrected chi connectivity index (χ4v) is 2.88. The van der Waals surface area contributed by atoms with E-state index >= 15 is 0 Å². The van der Waals surface area contributed by atoms with E-state index in [0.29, 0.717) is 22.1 Å². The van der Waals surface area contributed by atoms with Gasteiger partial charge in [-0.25, -0.2) is 9.61 Å². The number of anilines is 1. The molecular weight excluding hydrogens is 326 g/mol. The normalized spacial score (nSPS) is 10.5. The van der Waals surface area contributed by atoms with Gasteiger partial charge in [0.2, 0.25) is 5.91 Å². The first-order chi connectivity index (χ1) is 11.6.